The predicted octanol–water partition coefficient (Wildman–Crippen LogP) is 15.0. The van der Waals surface area contributed by atoms with Crippen LogP contribution in [0.4, 0.5) is 0 Å². The van der Waals surface area contributed by atoms with Crippen molar-refractivity contribution in [3.63, 3.8) is 0 Å². The minimum Gasteiger partial charge on any atom is -0.291 e. The average molecular weight is 729 g/mol. The zero-order chi connectivity index (χ0) is 36.7. The van der Waals surface area contributed by atoms with Crippen LogP contribution in [0.25, 0.3) is 114 Å². The predicted molar refractivity (Wildman–Crippen MR) is 240 cm³/mol. The maximum atomic E-state index is 5.49. The molecular weight excluding hydrogens is 697 g/mol. The van der Waals surface area contributed by atoms with E-state index in [1.165, 1.54) is 85.9 Å². The number of hydrogen-bond donors (Lipinski definition) is 0. The minimum absolute atomic E-state index is 1.01. The third-order valence-corrected chi connectivity index (χ3v) is 12.8. The van der Waals surface area contributed by atoms with Crippen LogP contribution in [0.2, 0.25) is 0 Å². The van der Waals surface area contributed by atoms with E-state index in [0.29, 0.717) is 0 Å². The second-order valence-electron chi connectivity index (χ2n) is 14.7. The van der Waals surface area contributed by atoms with Gasteiger partial charge in [-0.25, -0.2) is 4.98 Å². The number of hydrogen-bond acceptors (Lipinski definition) is 2. The van der Waals surface area contributed by atoms with Crippen LogP contribution >= 0.6 is 11.3 Å². The first-order valence-electron chi connectivity index (χ1n) is 19.1. The van der Waals surface area contributed by atoms with E-state index in [1.54, 1.807) is 0 Å². The Bertz CT molecular complexity index is 3500. The molecule has 2 nitrogen and oxygen atoms in total. The van der Waals surface area contributed by atoms with E-state index >= 15 is 0 Å². The molecule has 0 aliphatic carbocycles. The summed E-state index contributed by atoms with van der Waals surface area (Å²) in [4.78, 5) is 5.49. The average Bonchev–Trinajstić information content (AvgIpc) is 3.85. The molecule has 9 aromatic carbocycles. The Morgan fingerprint density at radius 1 is 0.375 bits per heavy atom. The first-order chi connectivity index (χ1) is 27.7. The van der Waals surface area contributed by atoms with Crippen molar-refractivity contribution in [2.24, 2.45) is 0 Å². The van der Waals surface area contributed by atoms with Gasteiger partial charge in [0, 0.05) is 20.9 Å². The van der Waals surface area contributed by atoms with Crippen LogP contribution in [-0.4, -0.2) is 9.38 Å². The van der Waals surface area contributed by atoms with Gasteiger partial charge in [-0.3, -0.25) is 4.40 Å². The van der Waals surface area contributed by atoms with Gasteiger partial charge in [-0.15, -0.1) is 11.3 Å². The highest BCUT2D eigenvalue weighted by Gasteiger charge is 2.19. The van der Waals surface area contributed by atoms with Crippen LogP contribution in [0.5, 0.6) is 0 Å². The topological polar surface area (TPSA) is 17.3 Å². The van der Waals surface area contributed by atoms with E-state index in [4.69, 9.17) is 4.98 Å². The molecule has 0 unspecified atom stereocenters. The Hall–Kier alpha value is -7.07. The largest absolute Gasteiger partial charge is 0.291 e. The zero-order valence-electron chi connectivity index (χ0n) is 30.3. The molecule has 0 fully saturated rings. The Kier molecular flexibility index (Phi) is 6.83. The summed E-state index contributed by atoms with van der Waals surface area (Å²) in [6.45, 7) is 0. The molecule has 12 aromatic rings. The summed E-state index contributed by atoms with van der Waals surface area (Å²) in [5.41, 5.74) is 12.8. The molecule has 0 atom stereocenters. The number of pyridine rings is 1. The fraction of sp³-hybridized carbons (Fsp3) is 0. The Balaban J connectivity index is 1.01. The SMILES string of the molecule is c1ccc(-c2ccc(-c3ccc(-c4ccc(-c5cc6c7ccccc7sc6c6nc7c8cc9ccccc9cc8ccc7n56)cc4)c4ccccc34)cc2)cc1. The zero-order valence-corrected chi connectivity index (χ0v) is 31.1. The summed E-state index contributed by atoms with van der Waals surface area (Å²) >= 11 is 1.83. The van der Waals surface area contributed by atoms with Crippen molar-refractivity contribution in [3.8, 4) is 44.6 Å². The fourth-order valence-corrected chi connectivity index (χ4v) is 10.00. The monoisotopic (exact) mass is 728 g/mol. The fourth-order valence-electron chi connectivity index (χ4n) is 8.84. The lowest BCUT2D eigenvalue weighted by atomic mass is 9.91. The lowest BCUT2D eigenvalue weighted by molar-refractivity contribution is 1.25. The molecule has 0 bridgehead atoms. The lowest BCUT2D eigenvalue weighted by Crippen LogP contribution is -1.93. The number of aromatic nitrogens is 2. The van der Waals surface area contributed by atoms with Crippen LogP contribution in [0.3, 0.4) is 0 Å². The van der Waals surface area contributed by atoms with Gasteiger partial charge in [-0.1, -0.05) is 164 Å². The van der Waals surface area contributed by atoms with Crippen molar-refractivity contribution >= 4 is 80.5 Å². The summed E-state index contributed by atoms with van der Waals surface area (Å²) in [5.74, 6) is 0. The van der Waals surface area contributed by atoms with Crippen LogP contribution in [0, 0.1) is 0 Å². The maximum Gasteiger partial charge on any atom is 0.156 e. The molecule has 0 saturated carbocycles. The number of benzene rings is 9. The van der Waals surface area contributed by atoms with Crippen molar-refractivity contribution < 1.29 is 0 Å². The summed E-state index contributed by atoms with van der Waals surface area (Å²) < 4.78 is 4.89. The molecule has 0 aliphatic heterocycles. The van der Waals surface area contributed by atoms with Crippen molar-refractivity contribution in [1.82, 2.24) is 9.38 Å². The normalized spacial score (nSPS) is 11.9. The number of nitrogens with zero attached hydrogens (tertiary/aromatic N) is 2. The first-order valence-corrected chi connectivity index (χ1v) is 19.9. The number of imidazole rings is 1. The molecular formula is C53H32N2S. The third kappa shape index (κ3) is 4.78. The molecule has 3 heteroatoms. The molecule has 0 radical (unpaired) electrons. The maximum absolute atomic E-state index is 5.49. The van der Waals surface area contributed by atoms with E-state index in [-0.39, 0.29) is 0 Å². The van der Waals surface area contributed by atoms with Gasteiger partial charge in [-0.05, 0) is 96.2 Å². The summed E-state index contributed by atoms with van der Waals surface area (Å²) in [6.07, 6.45) is 0. The van der Waals surface area contributed by atoms with E-state index in [1.807, 2.05) is 11.3 Å². The smallest absolute Gasteiger partial charge is 0.156 e. The number of rotatable bonds is 4. The van der Waals surface area contributed by atoms with Crippen LogP contribution in [0.1, 0.15) is 0 Å². The van der Waals surface area contributed by atoms with Crippen molar-refractivity contribution in [1.29, 1.82) is 0 Å². The molecule has 56 heavy (non-hydrogen) atoms. The van der Waals surface area contributed by atoms with Gasteiger partial charge in [0.05, 0.1) is 21.4 Å². The molecule has 0 saturated heterocycles. The highest BCUT2D eigenvalue weighted by atomic mass is 32.1. The number of thiophene rings is 1. The quantitative estimate of drug-likeness (QED) is 0.165. The lowest BCUT2D eigenvalue weighted by Gasteiger charge is -2.14. The minimum atomic E-state index is 1.01. The molecule has 0 amide bonds. The Morgan fingerprint density at radius 3 is 1.66 bits per heavy atom. The van der Waals surface area contributed by atoms with Gasteiger partial charge in [-0.2, -0.15) is 0 Å². The van der Waals surface area contributed by atoms with Gasteiger partial charge in [0.2, 0.25) is 0 Å². The summed E-state index contributed by atoms with van der Waals surface area (Å²) in [7, 11) is 0. The summed E-state index contributed by atoms with van der Waals surface area (Å²) in [6, 6.07) is 70.9. The molecule has 3 aromatic heterocycles. The summed E-state index contributed by atoms with van der Waals surface area (Å²) in [5, 5.41) is 9.90. The second-order valence-corrected chi connectivity index (χ2v) is 15.8. The van der Waals surface area contributed by atoms with Gasteiger partial charge >= 0.3 is 0 Å². The van der Waals surface area contributed by atoms with E-state index in [9.17, 15) is 0 Å². The second kappa shape index (κ2) is 12.2. The molecule has 3 heterocycles. The van der Waals surface area contributed by atoms with Crippen LogP contribution in [0.15, 0.2) is 194 Å². The van der Waals surface area contributed by atoms with Gasteiger partial charge in [0.25, 0.3) is 0 Å². The van der Waals surface area contributed by atoms with Crippen molar-refractivity contribution in [3.05, 3.63) is 194 Å². The van der Waals surface area contributed by atoms with E-state index in [0.717, 1.165) is 27.9 Å². The highest BCUT2D eigenvalue weighted by molar-refractivity contribution is 7.26. The highest BCUT2D eigenvalue weighted by Crippen LogP contribution is 2.43. The van der Waals surface area contributed by atoms with Gasteiger partial charge < -0.3 is 0 Å². The van der Waals surface area contributed by atoms with Crippen LogP contribution in [-0.2, 0) is 0 Å². The Morgan fingerprint density at radius 2 is 0.946 bits per heavy atom. The molecule has 260 valence electrons. The number of fused-ring (bicyclic) bond motifs is 11. The third-order valence-electron chi connectivity index (χ3n) is 11.6. The van der Waals surface area contributed by atoms with Crippen LogP contribution < -0.4 is 0 Å². The molecule has 12 rings (SSSR count). The molecule has 0 spiro atoms. The standard InChI is InChI=1S/C53H32N2S/c1-2-10-33(11-3-1)34-18-20-35(21-19-34)41-27-28-42(44-15-7-6-14-43(41)44)36-22-24-37(25-23-36)49-32-47-45-16-8-9-17-50(45)56-52(47)53-54-51-46-31-39-13-5-4-12-38(39)30-40(46)26-29-48(51)55(49)53/h1-32H. The van der Waals surface area contributed by atoms with Gasteiger partial charge in [0.15, 0.2) is 5.65 Å². The molecule has 0 N–H and O–H groups in total. The molecule has 0 aliphatic rings. The Labute approximate surface area is 327 Å². The van der Waals surface area contributed by atoms with Crippen molar-refractivity contribution in [2.75, 3.05) is 0 Å². The first kappa shape index (κ1) is 31.3. The van der Waals surface area contributed by atoms with Gasteiger partial charge in [0.1, 0.15) is 0 Å². The van der Waals surface area contributed by atoms with E-state index < -0.39 is 0 Å². The van der Waals surface area contributed by atoms with Crippen molar-refractivity contribution in [2.45, 2.75) is 0 Å². The van der Waals surface area contributed by atoms with E-state index in [2.05, 4.69) is 199 Å².